The van der Waals surface area contributed by atoms with Crippen molar-refractivity contribution in [3.63, 3.8) is 0 Å². The van der Waals surface area contributed by atoms with Crippen LogP contribution >= 0.6 is 0 Å². The molecule has 1 aromatic heterocycles. The maximum Gasteiger partial charge on any atom is 0.266 e. The number of carbonyl (C=O) groups is 4. The molecule has 0 spiro atoms. The highest BCUT2D eigenvalue weighted by molar-refractivity contribution is 5.92. The average Bonchev–Trinajstić information content (AvgIpc) is 3.39. The van der Waals surface area contributed by atoms with Crippen LogP contribution in [0.25, 0.3) is 0 Å². The minimum atomic E-state index is -0.651. The first-order valence-electron chi connectivity index (χ1n) is 18.3. The zero-order valence-electron chi connectivity index (χ0n) is 29.6. The smallest absolute Gasteiger partial charge is 0.266 e. The van der Waals surface area contributed by atoms with Crippen molar-refractivity contribution in [3.05, 3.63) is 88.7 Å². The molecule has 2 aliphatic rings. The Morgan fingerprint density at radius 1 is 0.860 bits per heavy atom. The van der Waals surface area contributed by atoms with E-state index in [9.17, 15) is 19.2 Å². The zero-order valence-corrected chi connectivity index (χ0v) is 29.6. The molecule has 5 rings (SSSR count). The lowest BCUT2D eigenvalue weighted by Crippen LogP contribution is -2.55. The predicted molar refractivity (Wildman–Crippen MR) is 193 cm³/mol. The van der Waals surface area contributed by atoms with Gasteiger partial charge in [-0.05, 0) is 48.4 Å². The van der Waals surface area contributed by atoms with Crippen molar-refractivity contribution in [1.29, 1.82) is 0 Å². The third-order valence-electron chi connectivity index (χ3n) is 10.1. The largest absolute Gasteiger partial charge is 0.364 e. The molecule has 0 unspecified atom stereocenters. The van der Waals surface area contributed by atoms with E-state index in [1.807, 2.05) is 54.3 Å². The number of nitrogens with zero attached hydrogens (tertiary/aromatic N) is 4. The Hall–Kier alpha value is -4.51. The summed E-state index contributed by atoms with van der Waals surface area (Å²) in [6.45, 7) is 8.16. The first-order chi connectivity index (χ1) is 24.2. The van der Waals surface area contributed by atoms with Gasteiger partial charge in [-0.25, -0.2) is 0 Å². The molecule has 1 saturated carbocycles. The number of rotatable bonds is 14. The minimum absolute atomic E-state index is 0.0583. The topological polar surface area (TPSA) is 143 Å². The number of amides is 4. The number of benzene rings is 2. The van der Waals surface area contributed by atoms with E-state index in [2.05, 4.69) is 32.8 Å². The minimum Gasteiger partial charge on any atom is -0.364 e. The summed E-state index contributed by atoms with van der Waals surface area (Å²) in [5, 5.41) is 10.8. The zero-order chi connectivity index (χ0) is 35.5. The summed E-state index contributed by atoms with van der Waals surface area (Å²) in [6, 6.07) is 19.2. The molecule has 1 saturated heterocycles. The fourth-order valence-electron chi connectivity index (χ4n) is 7.28. The molecule has 1 aliphatic carbocycles. The molecule has 2 aromatic carbocycles. The van der Waals surface area contributed by atoms with Gasteiger partial charge in [-0.1, -0.05) is 87.2 Å². The lowest BCUT2D eigenvalue weighted by atomic mass is 9.83. The number of hydrogen-bond acceptors (Lipinski definition) is 6. The summed E-state index contributed by atoms with van der Waals surface area (Å²) < 4.78 is 1.58. The van der Waals surface area contributed by atoms with E-state index in [4.69, 9.17) is 5.73 Å². The molecule has 4 N–H and O–H groups in total. The highest BCUT2D eigenvalue weighted by Crippen LogP contribution is 2.35. The quantitative estimate of drug-likeness (QED) is 0.218. The summed E-state index contributed by atoms with van der Waals surface area (Å²) in [5.41, 5.74) is 9.66. The molecule has 2 fully saturated rings. The molecular formula is C39H53N7O4. The molecule has 2 atom stereocenters. The van der Waals surface area contributed by atoms with E-state index in [0.717, 1.165) is 69.3 Å². The van der Waals surface area contributed by atoms with E-state index in [1.54, 1.807) is 17.7 Å². The molecule has 0 bridgehead atoms. The monoisotopic (exact) mass is 683 g/mol. The van der Waals surface area contributed by atoms with E-state index >= 15 is 0 Å². The van der Waals surface area contributed by atoms with Crippen molar-refractivity contribution in [1.82, 2.24) is 30.2 Å². The number of nitrogens with two attached hydrogens (primary N) is 1. The maximum absolute atomic E-state index is 13.8. The van der Waals surface area contributed by atoms with Crippen LogP contribution in [-0.2, 0) is 40.4 Å². The van der Waals surface area contributed by atoms with Gasteiger partial charge in [-0.2, -0.15) is 5.10 Å². The lowest BCUT2D eigenvalue weighted by molar-refractivity contribution is -0.138. The number of primary amides is 1. The normalized spacial score (nSPS) is 17.0. The second-order valence-electron chi connectivity index (χ2n) is 13.7. The van der Waals surface area contributed by atoms with Crippen LogP contribution in [0, 0.1) is 5.92 Å². The number of nitrogens with one attached hydrogen (secondary N) is 2. The van der Waals surface area contributed by atoms with Gasteiger partial charge in [-0.3, -0.25) is 28.8 Å². The molecule has 3 aromatic rings. The molecule has 11 nitrogen and oxygen atoms in total. The first kappa shape index (κ1) is 36.8. The van der Waals surface area contributed by atoms with Gasteiger partial charge in [0.1, 0.15) is 11.7 Å². The Bertz CT molecular complexity index is 1570. The van der Waals surface area contributed by atoms with E-state index < -0.39 is 17.9 Å². The number of hydrogen-bond donors (Lipinski definition) is 3. The van der Waals surface area contributed by atoms with Crippen molar-refractivity contribution in [2.24, 2.45) is 11.7 Å². The lowest BCUT2D eigenvalue weighted by Gasteiger charge is -2.36. The Morgan fingerprint density at radius 3 is 2.12 bits per heavy atom. The van der Waals surface area contributed by atoms with E-state index in [1.165, 1.54) is 5.56 Å². The van der Waals surface area contributed by atoms with Gasteiger partial charge in [0.05, 0.1) is 11.6 Å². The number of aryl methyl sites for hydroxylation is 1. The average molecular weight is 684 g/mol. The van der Waals surface area contributed by atoms with Gasteiger partial charge in [0.25, 0.3) is 5.91 Å². The summed E-state index contributed by atoms with van der Waals surface area (Å²) in [6.07, 6.45) is 7.02. The number of piperazine rings is 1. The van der Waals surface area contributed by atoms with Gasteiger partial charge in [0, 0.05) is 58.7 Å². The van der Waals surface area contributed by atoms with E-state index in [-0.39, 0.29) is 23.6 Å². The molecule has 1 aliphatic heterocycles. The van der Waals surface area contributed by atoms with Crippen molar-refractivity contribution in [2.45, 2.75) is 96.8 Å². The summed E-state index contributed by atoms with van der Waals surface area (Å²) in [4.78, 5) is 56.3. The van der Waals surface area contributed by atoms with Crippen LogP contribution in [-0.4, -0.2) is 75.4 Å². The number of carbonyl (C=O) groups excluding carboxylic acids is 4. The Labute approximate surface area is 296 Å². The van der Waals surface area contributed by atoms with Gasteiger partial charge in [0.15, 0.2) is 0 Å². The van der Waals surface area contributed by atoms with Crippen LogP contribution in [0.3, 0.4) is 0 Å². The second kappa shape index (κ2) is 17.9. The third-order valence-corrected chi connectivity index (χ3v) is 10.1. The van der Waals surface area contributed by atoms with Crippen LogP contribution in [0.5, 0.6) is 0 Å². The van der Waals surface area contributed by atoms with Gasteiger partial charge in [-0.15, -0.1) is 0 Å². The fourth-order valence-corrected chi connectivity index (χ4v) is 7.28. The SMILES string of the molecule is CCC(=O)N[C@H](Cc1ccc(CNC(=O)[C@H](c2cc(C(N)=O)n(CC)n2)C2CCCCCC2)cc1)C(=O)N1CCN(Cc2ccccc2)CC1. The van der Waals surface area contributed by atoms with Gasteiger partial charge < -0.3 is 21.3 Å². The molecule has 0 radical (unpaired) electrons. The standard InChI is InChI=1S/C39H53N7O4/c1-3-35(47)42-33(39(50)45-22-20-44(21-23-45)27-30-12-8-7-9-13-30)24-28-16-18-29(19-17-28)26-41-38(49)36(31-14-10-5-6-11-15-31)32-25-34(37(40)48)46(4-2)43-32/h7-9,12-13,16-19,25,31,33,36H,3-6,10-11,14-15,20-24,26-27H2,1-2H3,(H2,40,48)(H,41,49)(H,42,47)/t33-,36+/m1/s1. The molecular weight excluding hydrogens is 630 g/mol. The van der Waals surface area contributed by atoms with Gasteiger partial charge >= 0.3 is 0 Å². The summed E-state index contributed by atoms with van der Waals surface area (Å²) in [5.74, 6) is -1.19. The van der Waals surface area contributed by atoms with Crippen molar-refractivity contribution in [2.75, 3.05) is 26.2 Å². The van der Waals surface area contributed by atoms with Crippen molar-refractivity contribution in [3.8, 4) is 0 Å². The van der Waals surface area contributed by atoms with Crippen LogP contribution < -0.4 is 16.4 Å². The third kappa shape index (κ3) is 9.80. The molecule has 4 amide bonds. The van der Waals surface area contributed by atoms with E-state index in [0.29, 0.717) is 50.4 Å². The van der Waals surface area contributed by atoms with Crippen LogP contribution in [0.1, 0.15) is 97.6 Å². The van der Waals surface area contributed by atoms with Crippen molar-refractivity contribution >= 4 is 23.6 Å². The maximum atomic E-state index is 13.8. The molecule has 50 heavy (non-hydrogen) atoms. The fraction of sp³-hybridized carbons (Fsp3) is 0.513. The van der Waals surface area contributed by atoms with Crippen LogP contribution in [0.2, 0.25) is 0 Å². The highest BCUT2D eigenvalue weighted by Gasteiger charge is 2.34. The molecule has 2 heterocycles. The molecule has 268 valence electrons. The molecule has 11 heteroatoms. The van der Waals surface area contributed by atoms with Crippen LogP contribution in [0.15, 0.2) is 60.7 Å². The Morgan fingerprint density at radius 2 is 1.52 bits per heavy atom. The number of aromatic nitrogens is 2. The second-order valence-corrected chi connectivity index (χ2v) is 13.7. The van der Waals surface area contributed by atoms with Crippen molar-refractivity contribution < 1.29 is 19.2 Å². The Balaban J connectivity index is 1.21. The van der Waals surface area contributed by atoms with Crippen LogP contribution in [0.4, 0.5) is 0 Å². The predicted octanol–water partition coefficient (Wildman–Crippen LogP) is 4.15. The summed E-state index contributed by atoms with van der Waals surface area (Å²) in [7, 11) is 0. The van der Waals surface area contributed by atoms with Gasteiger partial charge in [0.2, 0.25) is 17.7 Å². The first-order valence-corrected chi connectivity index (χ1v) is 18.3. The highest BCUT2D eigenvalue weighted by atomic mass is 16.2. The Kier molecular flexibility index (Phi) is 13.2. The summed E-state index contributed by atoms with van der Waals surface area (Å²) >= 11 is 0.